The zero-order valence-electron chi connectivity index (χ0n) is 15.5. The van der Waals surface area contributed by atoms with Crippen LogP contribution in [0, 0.1) is 6.92 Å². The summed E-state index contributed by atoms with van der Waals surface area (Å²) in [5.41, 5.74) is 1.04. The second-order valence-electron chi connectivity index (χ2n) is 6.31. The first kappa shape index (κ1) is 21.7. The molecule has 2 aromatic rings. The van der Waals surface area contributed by atoms with Gasteiger partial charge < -0.3 is 9.80 Å². The molecule has 27 heavy (non-hydrogen) atoms. The Morgan fingerprint density at radius 2 is 1.74 bits per heavy atom. The third kappa shape index (κ3) is 6.83. The molecule has 0 N–H and O–H groups in total. The second kappa shape index (κ2) is 10.7. The van der Waals surface area contributed by atoms with Crippen molar-refractivity contribution in [3.8, 4) is 0 Å². The standard InChI is InChI=1S/C20H24Cl2N2O2S/c1-3-11-23(20(26)19(21)22)14-18(25)24(12-16-7-5-4-6-8-16)13-17-10-9-15(2)27-17/h4-10,19H,3,11-14H2,1-2H3. The van der Waals surface area contributed by atoms with E-state index in [1.807, 2.05) is 56.3 Å². The number of amides is 2. The van der Waals surface area contributed by atoms with Gasteiger partial charge in [0.15, 0.2) is 4.84 Å². The van der Waals surface area contributed by atoms with Gasteiger partial charge in [-0.2, -0.15) is 0 Å². The summed E-state index contributed by atoms with van der Waals surface area (Å²) in [5, 5.41) is 0. The highest BCUT2D eigenvalue weighted by Gasteiger charge is 2.25. The van der Waals surface area contributed by atoms with Crippen molar-refractivity contribution in [2.75, 3.05) is 13.1 Å². The topological polar surface area (TPSA) is 40.6 Å². The molecule has 0 fully saturated rings. The maximum atomic E-state index is 13.0. The van der Waals surface area contributed by atoms with Crippen molar-refractivity contribution < 1.29 is 9.59 Å². The van der Waals surface area contributed by atoms with Crippen molar-refractivity contribution >= 4 is 46.4 Å². The lowest BCUT2D eigenvalue weighted by atomic mass is 10.2. The zero-order valence-corrected chi connectivity index (χ0v) is 17.9. The molecule has 1 heterocycles. The molecule has 2 rings (SSSR count). The summed E-state index contributed by atoms with van der Waals surface area (Å²) < 4.78 is 0. The molecular weight excluding hydrogens is 403 g/mol. The molecule has 0 atom stereocenters. The summed E-state index contributed by atoms with van der Waals surface area (Å²) in [7, 11) is 0. The molecule has 2 amide bonds. The Hall–Kier alpha value is -1.56. The molecule has 0 unspecified atom stereocenters. The van der Waals surface area contributed by atoms with Crippen molar-refractivity contribution in [3.63, 3.8) is 0 Å². The van der Waals surface area contributed by atoms with Crippen molar-refractivity contribution in [3.05, 3.63) is 57.8 Å². The van der Waals surface area contributed by atoms with E-state index in [0.717, 1.165) is 16.9 Å². The van der Waals surface area contributed by atoms with Crippen molar-refractivity contribution in [1.29, 1.82) is 0 Å². The van der Waals surface area contributed by atoms with Gasteiger partial charge in [-0.1, -0.05) is 60.5 Å². The number of aryl methyl sites for hydroxylation is 1. The average Bonchev–Trinajstić information content (AvgIpc) is 3.05. The molecule has 0 saturated carbocycles. The van der Waals surface area contributed by atoms with E-state index >= 15 is 0 Å². The van der Waals surface area contributed by atoms with Crippen LogP contribution in [0.3, 0.4) is 0 Å². The van der Waals surface area contributed by atoms with Crippen molar-refractivity contribution in [2.45, 2.75) is 38.2 Å². The minimum atomic E-state index is -1.16. The highest BCUT2D eigenvalue weighted by Crippen LogP contribution is 2.19. The Labute approximate surface area is 174 Å². The quantitative estimate of drug-likeness (QED) is 0.548. The summed E-state index contributed by atoms with van der Waals surface area (Å²) >= 11 is 13.1. The third-order valence-electron chi connectivity index (χ3n) is 4.03. The second-order valence-corrected chi connectivity index (χ2v) is 8.78. The van der Waals surface area contributed by atoms with Gasteiger partial charge in [0.1, 0.15) is 0 Å². The van der Waals surface area contributed by atoms with Crippen LogP contribution in [-0.4, -0.2) is 39.5 Å². The van der Waals surface area contributed by atoms with Crippen molar-refractivity contribution in [1.82, 2.24) is 9.80 Å². The minimum absolute atomic E-state index is 0.0280. The van der Waals surface area contributed by atoms with Gasteiger partial charge in [-0.3, -0.25) is 9.59 Å². The molecule has 0 radical (unpaired) electrons. The lowest BCUT2D eigenvalue weighted by Gasteiger charge is -2.27. The molecule has 146 valence electrons. The molecule has 4 nitrogen and oxygen atoms in total. The number of halogens is 2. The summed E-state index contributed by atoms with van der Waals surface area (Å²) in [6.45, 7) is 5.39. The molecular formula is C20H24Cl2N2O2S. The normalized spacial score (nSPS) is 10.9. The lowest BCUT2D eigenvalue weighted by molar-refractivity contribution is -0.140. The largest absolute Gasteiger partial charge is 0.332 e. The fraction of sp³-hybridized carbons (Fsp3) is 0.400. The summed E-state index contributed by atoms with van der Waals surface area (Å²) in [6.07, 6.45) is 0.725. The summed E-state index contributed by atoms with van der Waals surface area (Å²) in [6, 6.07) is 13.9. The first-order valence-corrected chi connectivity index (χ1v) is 10.5. The zero-order chi connectivity index (χ0) is 19.8. The fourth-order valence-corrected chi connectivity index (χ4v) is 3.91. The first-order chi connectivity index (χ1) is 12.9. The van der Waals surface area contributed by atoms with Crippen LogP contribution in [0.2, 0.25) is 0 Å². The number of alkyl halides is 2. The van der Waals surface area contributed by atoms with E-state index in [1.165, 1.54) is 9.78 Å². The van der Waals surface area contributed by atoms with Crippen molar-refractivity contribution in [2.24, 2.45) is 0 Å². The predicted octanol–water partition coefficient (Wildman–Crippen LogP) is 4.63. The van der Waals surface area contributed by atoms with E-state index in [0.29, 0.717) is 19.6 Å². The van der Waals surface area contributed by atoms with Crippen LogP contribution in [0.4, 0.5) is 0 Å². The third-order valence-corrected chi connectivity index (χ3v) is 5.39. The highest BCUT2D eigenvalue weighted by molar-refractivity contribution is 7.11. The highest BCUT2D eigenvalue weighted by atomic mass is 35.5. The van der Waals surface area contributed by atoms with Crippen LogP contribution < -0.4 is 0 Å². The monoisotopic (exact) mass is 426 g/mol. The Bertz CT molecular complexity index is 749. The van der Waals surface area contributed by atoms with Gasteiger partial charge in [-0.15, -0.1) is 11.3 Å². The van der Waals surface area contributed by atoms with Gasteiger partial charge >= 0.3 is 0 Å². The smallest absolute Gasteiger partial charge is 0.256 e. The molecule has 0 bridgehead atoms. The van der Waals surface area contributed by atoms with E-state index in [1.54, 1.807) is 16.2 Å². The summed E-state index contributed by atoms with van der Waals surface area (Å²) in [5.74, 6) is -0.555. The van der Waals surface area contributed by atoms with E-state index in [9.17, 15) is 9.59 Å². The lowest BCUT2D eigenvalue weighted by Crippen LogP contribution is -2.44. The van der Waals surface area contributed by atoms with Gasteiger partial charge in [0.05, 0.1) is 13.1 Å². The number of hydrogen-bond acceptors (Lipinski definition) is 3. The van der Waals surface area contributed by atoms with E-state index in [-0.39, 0.29) is 12.5 Å². The van der Waals surface area contributed by atoms with E-state index in [4.69, 9.17) is 23.2 Å². The molecule has 1 aromatic heterocycles. The van der Waals surface area contributed by atoms with Crippen LogP contribution in [0.5, 0.6) is 0 Å². The maximum absolute atomic E-state index is 13.0. The number of carbonyl (C=O) groups is 2. The number of benzene rings is 1. The Morgan fingerprint density at radius 1 is 1.04 bits per heavy atom. The predicted molar refractivity (Wildman–Crippen MR) is 112 cm³/mol. The average molecular weight is 427 g/mol. The Balaban J connectivity index is 2.16. The molecule has 1 aromatic carbocycles. The van der Waals surface area contributed by atoms with Crippen LogP contribution in [-0.2, 0) is 22.7 Å². The van der Waals surface area contributed by atoms with Gasteiger partial charge in [-0.25, -0.2) is 0 Å². The van der Waals surface area contributed by atoms with E-state index in [2.05, 4.69) is 0 Å². The van der Waals surface area contributed by atoms with Crippen LogP contribution >= 0.6 is 34.5 Å². The molecule has 0 aliphatic rings. The first-order valence-electron chi connectivity index (χ1n) is 8.84. The maximum Gasteiger partial charge on any atom is 0.256 e. The van der Waals surface area contributed by atoms with Crippen LogP contribution in [0.1, 0.15) is 28.7 Å². The molecule has 7 heteroatoms. The van der Waals surface area contributed by atoms with Gasteiger partial charge in [-0.05, 0) is 31.0 Å². The SMILES string of the molecule is CCCN(CC(=O)N(Cc1ccccc1)Cc1ccc(C)s1)C(=O)C(Cl)Cl. The number of rotatable bonds is 9. The van der Waals surface area contributed by atoms with Gasteiger partial charge in [0.2, 0.25) is 5.91 Å². The molecule has 0 aliphatic carbocycles. The molecule has 0 aliphatic heterocycles. The number of carbonyl (C=O) groups excluding carboxylic acids is 2. The van der Waals surface area contributed by atoms with Crippen LogP contribution in [0.25, 0.3) is 0 Å². The number of nitrogens with zero attached hydrogens (tertiary/aromatic N) is 2. The van der Waals surface area contributed by atoms with Gasteiger partial charge in [0.25, 0.3) is 5.91 Å². The molecule has 0 saturated heterocycles. The Morgan fingerprint density at radius 3 is 2.30 bits per heavy atom. The van der Waals surface area contributed by atoms with E-state index < -0.39 is 10.7 Å². The minimum Gasteiger partial charge on any atom is -0.332 e. The Kier molecular flexibility index (Phi) is 8.61. The number of hydrogen-bond donors (Lipinski definition) is 0. The molecule has 0 spiro atoms. The summed E-state index contributed by atoms with van der Waals surface area (Å²) in [4.78, 5) is 29.6. The van der Waals surface area contributed by atoms with Crippen LogP contribution in [0.15, 0.2) is 42.5 Å². The number of thiophene rings is 1. The fourth-order valence-electron chi connectivity index (χ4n) is 2.73. The van der Waals surface area contributed by atoms with Gasteiger partial charge in [0, 0.05) is 22.8 Å².